The minimum absolute atomic E-state index is 0. The van der Waals surface area contributed by atoms with Crippen molar-refractivity contribution in [1.29, 1.82) is 0 Å². The number of ether oxygens (including phenoxy) is 1. The Hall–Kier alpha value is -1.81. The lowest BCUT2D eigenvalue weighted by molar-refractivity contribution is -0.0765. The average molecular weight is 370 g/mol. The number of hydrogen-bond acceptors (Lipinski definition) is 3. The molecule has 1 aromatic heterocycles. The summed E-state index contributed by atoms with van der Waals surface area (Å²) in [5, 5.41) is 1.15. The molecule has 1 unspecified atom stereocenters. The van der Waals surface area contributed by atoms with Crippen LogP contribution in [0.1, 0.15) is 18.4 Å². The zero-order chi connectivity index (χ0) is 16.6. The molecule has 2 aromatic carbocycles. The third kappa shape index (κ3) is 3.39. The summed E-state index contributed by atoms with van der Waals surface area (Å²) in [4.78, 5) is 2.54. The lowest BCUT2D eigenvalue weighted by atomic mass is 9.86. The van der Waals surface area contributed by atoms with Gasteiger partial charge in [0.05, 0.1) is 19.0 Å². The van der Waals surface area contributed by atoms with Gasteiger partial charge in [0, 0.05) is 11.9 Å². The molecule has 0 N–H and O–H groups in total. The highest BCUT2D eigenvalue weighted by molar-refractivity contribution is 5.85. The molecular formula is C22H24ClNO2. The van der Waals surface area contributed by atoms with Gasteiger partial charge >= 0.3 is 0 Å². The molecular weight excluding hydrogens is 346 g/mol. The van der Waals surface area contributed by atoms with Gasteiger partial charge in [0.25, 0.3) is 0 Å². The Morgan fingerprint density at radius 2 is 1.73 bits per heavy atom. The number of halogens is 1. The first kappa shape index (κ1) is 17.6. The number of nitrogens with zero attached hydrogens (tertiary/aromatic N) is 1. The van der Waals surface area contributed by atoms with E-state index in [1.807, 2.05) is 12.1 Å². The molecule has 4 heteroatoms. The Balaban J connectivity index is 0.00000168. The van der Waals surface area contributed by atoms with Crippen LogP contribution in [0.4, 0.5) is 0 Å². The number of fused-ring (bicyclic) bond motifs is 4. The second-order valence-corrected chi connectivity index (χ2v) is 7.36. The maximum Gasteiger partial charge on any atom is 0.133 e. The van der Waals surface area contributed by atoms with E-state index >= 15 is 0 Å². The summed E-state index contributed by atoms with van der Waals surface area (Å²) < 4.78 is 11.7. The van der Waals surface area contributed by atoms with Crippen LogP contribution in [-0.4, -0.2) is 30.6 Å². The third-order valence-corrected chi connectivity index (χ3v) is 5.80. The van der Waals surface area contributed by atoms with Gasteiger partial charge in [-0.05, 0) is 66.7 Å². The number of benzene rings is 2. The van der Waals surface area contributed by atoms with Crippen LogP contribution in [0.2, 0.25) is 0 Å². The summed E-state index contributed by atoms with van der Waals surface area (Å²) in [5.74, 6) is 0.769. The lowest BCUT2D eigenvalue weighted by Crippen LogP contribution is -2.51. The van der Waals surface area contributed by atoms with Gasteiger partial charge in [-0.2, -0.15) is 0 Å². The van der Waals surface area contributed by atoms with Crippen molar-refractivity contribution in [3.8, 4) is 11.1 Å². The molecule has 3 fully saturated rings. The summed E-state index contributed by atoms with van der Waals surface area (Å²) in [7, 11) is 0. The van der Waals surface area contributed by atoms with E-state index < -0.39 is 0 Å². The van der Waals surface area contributed by atoms with E-state index in [4.69, 9.17) is 9.15 Å². The van der Waals surface area contributed by atoms with Gasteiger partial charge in [0.1, 0.15) is 5.58 Å². The second kappa shape index (κ2) is 7.43. The molecule has 26 heavy (non-hydrogen) atoms. The molecule has 1 atom stereocenters. The smallest absolute Gasteiger partial charge is 0.133 e. The Morgan fingerprint density at radius 1 is 0.962 bits per heavy atom. The van der Waals surface area contributed by atoms with Gasteiger partial charge in [-0.1, -0.05) is 30.3 Å². The fraction of sp³-hybridized carbons (Fsp3) is 0.364. The van der Waals surface area contributed by atoms with Crippen LogP contribution in [0, 0.1) is 5.92 Å². The normalized spacial score (nSPS) is 24.5. The van der Waals surface area contributed by atoms with Crippen molar-refractivity contribution in [2.24, 2.45) is 5.92 Å². The van der Waals surface area contributed by atoms with Crippen LogP contribution in [-0.2, 0) is 11.3 Å². The first-order valence-corrected chi connectivity index (χ1v) is 9.26. The van der Waals surface area contributed by atoms with Crippen molar-refractivity contribution in [2.45, 2.75) is 25.6 Å². The van der Waals surface area contributed by atoms with Crippen molar-refractivity contribution >= 4 is 23.4 Å². The van der Waals surface area contributed by atoms with Gasteiger partial charge in [0.2, 0.25) is 0 Å². The summed E-state index contributed by atoms with van der Waals surface area (Å²) in [6.45, 7) is 4.37. The third-order valence-electron chi connectivity index (χ3n) is 5.80. The van der Waals surface area contributed by atoms with Crippen molar-refractivity contribution in [3.63, 3.8) is 0 Å². The van der Waals surface area contributed by atoms with Gasteiger partial charge in [-0.25, -0.2) is 0 Å². The van der Waals surface area contributed by atoms with Crippen LogP contribution in [0.15, 0.2) is 59.2 Å². The Morgan fingerprint density at radius 3 is 2.46 bits per heavy atom. The Labute approximate surface area is 160 Å². The molecule has 2 bridgehead atoms. The predicted octanol–water partition coefficient (Wildman–Crippen LogP) is 5.13. The average Bonchev–Trinajstić information content (AvgIpc) is 3.15. The van der Waals surface area contributed by atoms with Crippen LogP contribution in [0.5, 0.6) is 0 Å². The van der Waals surface area contributed by atoms with E-state index in [-0.39, 0.29) is 12.4 Å². The lowest BCUT2D eigenvalue weighted by Gasteiger charge is -2.44. The highest BCUT2D eigenvalue weighted by Gasteiger charge is 2.34. The molecule has 0 spiro atoms. The quantitative estimate of drug-likeness (QED) is 0.637. The van der Waals surface area contributed by atoms with Crippen molar-refractivity contribution in [2.75, 3.05) is 19.6 Å². The molecule has 3 nitrogen and oxygen atoms in total. The minimum Gasteiger partial charge on any atom is -0.464 e. The highest BCUT2D eigenvalue weighted by Crippen LogP contribution is 2.30. The second-order valence-electron chi connectivity index (χ2n) is 7.36. The van der Waals surface area contributed by atoms with E-state index in [2.05, 4.69) is 41.3 Å². The van der Waals surface area contributed by atoms with Crippen molar-refractivity contribution in [1.82, 2.24) is 4.90 Å². The number of rotatable bonds is 4. The maximum absolute atomic E-state index is 6.24. The summed E-state index contributed by atoms with van der Waals surface area (Å²) in [6.07, 6.45) is 4.77. The summed E-state index contributed by atoms with van der Waals surface area (Å²) in [6, 6.07) is 17.1. The Bertz CT molecular complexity index is 865. The highest BCUT2D eigenvalue weighted by atomic mass is 35.5. The molecule has 3 saturated heterocycles. The van der Waals surface area contributed by atoms with Crippen LogP contribution in [0.25, 0.3) is 22.1 Å². The van der Waals surface area contributed by atoms with Crippen molar-refractivity contribution in [3.05, 3.63) is 60.4 Å². The molecule has 0 radical (unpaired) electrons. The molecule has 3 aromatic rings. The zero-order valence-corrected chi connectivity index (χ0v) is 15.6. The van der Waals surface area contributed by atoms with Gasteiger partial charge in [-0.15, -0.1) is 12.4 Å². The molecule has 0 saturated carbocycles. The first-order valence-electron chi connectivity index (χ1n) is 9.26. The zero-order valence-electron chi connectivity index (χ0n) is 14.8. The molecule has 6 rings (SSSR count). The van der Waals surface area contributed by atoms with E-state index in [9.17, 15) is 0 Å². The number of piperidine rings is 3. The topological polar surface area (TPSA) is 25.6 Å². The molecule has 3 aliphatic rings. The molecule has 3 aliphatic heterocycles. The fourth-order valence-electron chi connectivity index (χ4n) is 4.24. The SMILES string of the molecule is Cl.c1cc2cc(-c3ccc(COC4CN5CCC4CC5)cc3)ccc2o1. The van der Waals surface area contributed by atoms with Crippen LogP contribution < -0.4 is 0 Å². The standard InChI is InChI=1S/C22H23NO2.ClH/c1-3-17(19-5-6-21-20(13-19)9-12-24-21)4-2-16(1)15-25-22-14-23-10-7-18(22)8-11-23;/h1-6,9,12-13,18,22H,7-8,10-11,14-15H2;1H. The number of furan rings is 1. The van der Waals surface area contributed by atoms with E-state index in [1.165, 1.54) is 42.6 Å². The van der Waals surface area contributed by atoms with E-state index in [0.717, 1.165) is 30.0 Å². The van der Waals surface area contributed by atoms with Crippen molar-refractivity contribution < 1.29 is 9.15 Å². The molecule has 4 heterocycles. The summed E-state index contributed by atoms with van der Waals surface area (Å²) >= 11 is 0. The summed E-state index contributed by atoms with van der Waals surface area (Å²) in [5.41, 5.74) is 4.64. The predicted molar refractivity (Wildman–Crippen MR) is 107 cm³/mol. The first-order chi connectivity index (χ1) is 12.3. The largest absolute Gasteiger partial charge is 0.464 e. The van der Waals surface area contributed by atoms with E-state index in [0.29, 0.717) is 6.10 Å². The van der Waals surface area contributed by atoms with Gasteiger partial charge in [-0.3, -0.25) is 0 Å². The minimum atomic E-state index is 0. The molecule has 0 aliphatic carbocycles. The van der Waals surface area contributed by atoms with Crippen LogP contribution >= 0.6 is 12.4 Å². The fourth-order valence-corrected chi connectivity index (χ4v) is 4.24. The maximum atomic E-state index is 6.24. The molecule has 136 valence electrons. The molecule has 0 amide bonds. The van der Waals surface area contributed by atoms with Gasteiger partial charge < -0.3 is 14.1 Å². The van der Waals surface area contributed by atoms with Crippen LogP contribution in [0.3, 0.4) is 0 Å². The van der Waals surface area contributed by atoms with E-state index in [1.54, 1.807) is 6.26 Å². The number of hydrogen-bond donors (Lipinski definition) is 0. The van der Waals surface area contributed by atoms with Gasteiger partial charge in [0.15, 0.2) is 0 Å². The Kier molecular flexibility index (Phi) is 5.03. The monoisotopic (exact) mass is 369 g/mol.